The van der Waals surface area contributed by atoms with Gasteiger partial charge in [0.15, 0.2) is 0 Å². The molecule has 0 unspecified atom stereocenters. The molecule has 8 nitrogen and oxygen atoms in total. The van der Waals surface area contributed by atoms with Gasteiger partial charge in [-0.2, -0.15) is 0 Å². The lowest BCUT2D eigenvalue weighted by Gasteiger charge is -2.40. The molecule has 1 heterocycles. The molecule has 1 aliphatic carbocycles. The highest BCUT2D eigenvalue weighted by atomic mass is 16.5. The van der Waals surface area contributed by atoms with Gasteiger partial charge in [0.2, 0.25) is 5.91 Å². The third kappa shape index (κ3) is 4.59. The van der Waals surface area contributed by atoms with Crippen LogP contribution < -0.4 is 29.3 Å². The monoisotopic (exact) mass is 477 g/mol. The van der Waals surface area contributed by atoms with Crippen molar-refractivity contribution in [1.29, 1.82) is 0 Å². The quantitative estimate of drug-likeness (QED) is 0.618. The summed E-state index contributed by atoms with van der Waals surface area (Å²) in [5, 5.41) is 3.04. The van der Waals surface area contributed by atoms with Crippen molar-refractivity contribution in [1.82, 2.24) is 5.32 Å². The fraction of sp³-hybridized carbons (Fsp3) is 0.407. The average Bonchev–Trinajstić information content (AvgIpc) is 3.38. The molecular weight excluding hydrogens is 446 g/mol. The summed E-state index contributed by atoms with van der Waals surface area (Å²) in [6, 6.07) is 10.9. The summed E-state index contributed by atoms with van der Waals surface area (Å²) >= 11 is 0. The fourth-order valence-electron chi connectivity index (χ4n) is 4.95. The molecule has 0 spiro atoms. The van der Waals surface area contributed by atoms with E-state index in [9.17, 15) is 9.59 Å². The number of carbonyl (C=O) groups is 2. The molecule has 1 N–H and O–H groups in total. The van der Waals surface area contributed by atoms with E-state index in [0.29, 0.717) is 36.6 Å². The Kier molecular flexibility index (Phi) is 7.06. The van der Waals surface area contributed by atoms with Crippen molar-refractivity contribution in [2.45, 2.75) is 37.8 Å². The van der Waals surface area contributed by atoms with Crippen LogP contribution in [-0.2, 0) is 16.1 Å². The normalized spacial score (nSPS) is 15.9. The molecule has 2 aliphatic rings. The molecule has 0 atom stereocenters. The Morgan fingerprint density at radius 3 is 2.63 bits per heavy atom. The largest absolute Gasteiger partial charge is 0.497 e. The van der Waals surface area contributed by atoms with Crippen LogP contribution in [0.4, 0.5) is 11.4 Å². The van der Waals surface area contributed by atoms with E-state index in [0.717, 1.165) is 36.4 Å². The SMILES string of the molecule is C#CC(=O)N(c1ccc2c(c1)N(C)CCO2)C1(C(=O)NCc2ccc(OC)cc2OC)CCCC1. The van der Waals surface area contributed by atoms with E-state index in [2.05, 4.69) is 16.1 Å². The van der Waals surface area contributed by atoms with E-state index in [4.69, 9.17) is 20.6 Å². The lowest BCUT2D eigenvalue weighted by molar-refractivity contribution is -0.129. The number of nitrogens with one attached hydrogen (secondary N) is 1. The first kappa shape index (κ1) is 24.3. The molecule has 2 amide bonds. The smallest absolute Gasteiger partial charge is 0.303 e. The number of anilines is 2. The standard InChI is InChI=1S/C27H31N3O5/c1-5-25(31)30(20-9-11-23-22(16-20)29(2)14-15-35-23)27(12-6-7-13-27)26(32)28-18-19-8-10-21(33-3)17-24(19)34-4/h1,8-11,16-17H,6-7,12-15,18H2,2-4H3,(H,28,32). The van der Waals surface area contributed by atoms with Gasteiger partial charge in [-0.1, -0.05) is 12.8 Å². The number of carbonyl (C=O) groups excluding carboxylic acids is 2. The number of benzene rings is 2. The maximum Gasteiger partial charge on any atom is 0.303 e. The Morgan fingerprint density at radius 1 is 1.17 bits per heavy atom. The number of likely N-dealkylation sites (N-methyl/N-ethyl adjacent to an activating group) is 1. The Labute approximate surface area is 206 Å². The number of rotatable bonds is 7. The van der Waals surface area contributed by atoms with Gasteiger partial charge in [0.1, 0.15) is 29.4 Å². The molecule has 4 rings (SSSR count). The zero-order valence-corrected chi connectivity index (χ0v) is 20.4. The molecule has 0 saturated heterocycles. The van der Waals surface area contributed by atoms with E-state index >= 15 is 0 Å². The molecule has 184 valence electrons. The summed E-state index contributed by atoms with van der Waals surface area (Å²) in [5.74, 6) is 3.49. The fourth-order valence-corrected chi connectivity index (χ4v) is 4.95. The van der Waals surface area contributed by atoms with Gasteiger partial charge in [-0.15, -0.1) is 6.42 Å². The molecule has 0 aromatic heterocycles. The maximum atomic E-state index is 13.8. The van der Waals surface area contributed by atoms with Crippen LogP contribution in [0.15, 0.2) is 36.4 Å². The van der Waals surface area contributed by atoms with Crippen LogP contribution in [0.2, 0.25) is 0 Å². The third-order valence-corrected chi connectivity index (χ3v) is 6.84. The number of terminal acetylenes is 1. The van der Waals surface area contributed by atoms with Crippen molar-refractivity contribution < 1.29 is 23.8 Å². The zero-order valence-electron chi connectivity index (χ0n) is 20.4. The molecule has 35 heavy (non-hydrogen) atoms. The van der Waals surface area contributed by atoms with E-state index < -0.39 is 11.4 Å². The van der Waals surface area contributed by atoms with Crippen LogP contribution >= 0.6 is 0 Å². The summed E-state index contributed by atoms with van der Waals surface area (Å²) in [4.78, 5) is 30.5. The topological polar surface area (TPSA) is 80.3 Å². The van der Waals surface area contributed by atoms with Crippen molar-refractivity contribution in [3.05, 3.63) is 42.0 Å². The molecule has 0 radical (unpaired) electrons. The Bertz CT molecular complexity index is 1150. The zero-order chi connectivity index (χ0) is 25.0. The number of hydrogen-bond donors (Lipinski definition) is 1. The summed E-state index contributed by atoms with van der Waals surface area (Å²) in [6.07, 6.45) is 8.28. The lowest BCUT2D eigenvalue weighted by Crippen LogP contribution is -2.59. The predicted octanol–water partition coefficient (Wildman–Crippen LogP) is 3.13. The van der Waals surface area contributed by atoms with E-state index in [1.54, 1.807) is 26.4 Å². The van der Waals surface area contributed by atoms with Crippen molar-refractivity contribution in [2.24, 2.45) is 0 Å². The maximum absolute atomic E-state index is 13.8. The Morgan fingerprint density at radius 2 is 1.94 bits per heavy atom. The summed E-state index contributed by atoms with van der Waals surface area (Å²) < 4.78 is 16.5. The number of amides is 2. The first-order chi connectivity index (χ1) is 16.9. The summed E-state index contributed by atoms with van der Waals surface area (Å²) in [6.45, 7) is 1.57. The third-order valence-electron chi connectivity index (χ3n) is 6.84. The van der Waals surface area contributed by atoms with Crippen LogP contribution in [0.25, 0.3) is 0 Å². The van der Waals surface area contributed by atoms with Gasteiger partial charge in [0.05, 0.1) is 26.5 Å². The van der Waals surface area contributed by atoms with Crippen molar-refractivity contribution >= 4 is 23.2 Å². The number of nitrogens with zero attached hydrogens (tertiary/aromatic N) is 2. The van der Waals surface area contributed by atoms with Gasteiger partial charge in [-0.05, 0) is 49.1 Å². The highest BCUT2D eigenvalue weighted by Crippen LogP contribution is 2.42. The minimum Gasteiger partial charge on any atom is -0.497 e. The van der Waals surface area contributed by atoms with E-state index in [-0.39, 0.29) is 12.5 Å². The van der Waals surface area contributed by atoms with Gasteiger partial charge >= 0.3 is 5.91 Å². The molecule has 1 aliphatic heterocycles. The summed E-state index contributed by atoms with van der Waals surface area (Å²) in [7, 11) is 5.13. The summed E-state index contributed by atoms with van der Waals surface area (Å²) in [5.41, 5.74) is 1.17. The highest BCUT2D eigenvalue weighted by molar-refractivity contribution is 6.11. The van der Waals surface area contributed by atoms with Crippen LogP contribution in [0.3, 0.4) is 0 Å². The van der Waals surface area contributed by atoms with Crippen LogP contribution in [0.5, 0.6) is 17.2 Å². The van der Waals surface area contributed by atoms with Crippen molar-refractivity contribution in [2.75, 3.05) is 44.2 Å². The van der Waals surface area contributed by atoms with Crippen LogP contribution in [0.1, 0.15) is 31.2 Å². The minimum absolute atomic E-state index is 0.237. The van der Waals surface area contributed by atoms with Gasteiger partial charge in [0.25, 0.3) is 0 Å². The molecule has 2 aromatic carbocycles. The second-order valence-electron chi connectivity index (χ2n) is 8.81. The number of fused-ring (bicyclic) bond motifs is 1. The molecule has 1 saturated carbocycles. The van der Waals surface area contributed by atoms with E-state index in [1.807, 2.05) is 31.3 Å². The molecule has 1 fully saturated rings. The van der Waals surface area contributed by atoms with Crippen molar-refractivity contribution in [3.8, 4) is 29.6 Å². The molecule has 8 heteroatoms. The van der Waals surface area contributed by atoms with Gasteiger partial charge in [-0.25, -0.2) is 0 Å². The second kappa shape index (κ2) is 10.2. The molecule has 0 bridgehead atoms. The number of methoxy groups -OCH3 is 2. The van der Waals surface area contributed by atoms with Crippen LogP contribution in [0, 0.1) is 12.3 Å². The van der Waals surface area contributed by atoms with Gasteiger partial charge in [0, 0.05) is 30.9 Å². The minimum atomic E-state index is -1.08. The number of hydrogen-bond acceptors (Lipinski definition) is 6. The Hall–Kier alpha value is -3.86. The number of ether oxygens (including phenoxy) is 3. The van der Waals surface area contributed by atoms with E-state index in [1.165, 1.54) is 4.90 Å². The Balaban J connectivity index is 1.66. The highest BCUT2D eigenvalue weighted by Gasteiger charge is 2.49. The van der Waals surface area contributed by atoms with Crippen molar-refractivity contribution in [3.63, 3.8) is 0 Å². The van der Waals surface area contributed by atoms with Crippen LogP contribution in [-0.4, -0.2) is 51.8 Å². The molecule has 2 aromatic rings. The molecular formula is C27H31N3O5. The first-order valence-electron chi connectivity index (χ1n) is 11.7. The lowest BCUT2D eigenvalue weighted by atomic mass is 9.92. The first-order valence-corrected chi connectivity index (χ1v) is 11.7. The average molecular weight is 478 g/mol. The van der Waals surface area contributed by atoms with Gasteiger partial charge < -0.3 is 24.4 Å². The second-order valence-corrected chi connectivity index (χ2v) is 8.81. The van der Waals surface area contributed by atoms with Gasteiger partial charge in [-0.3, -0.25) is 14.5 Å². The predicted molar refractivity (Wildman–Crippen MR) is 134 cm³/mol.